The molecule has 1 aliphatic rings. The molecule has 3 aromatic heterocycles. The predicted octanol–water partition coefficient (Wildman–Crippen LogP) is 5.45. The minimum atomic E-state index is -4.40. The van der Waals surface area contributed by atoms with E-state index in [1.54, 1.807) is 68.8 Å². The minimum absolute atomic E-state index is 0.0576. The van der Waals surface area contributed by atoms with E-state index in [-0.39, 0.29) is 24.2 Å². The second-order valence-electron chi connectivity index (χ2n) is 12.2. The molecular weight excluding hydrogens is 605 g/mol. The van der Waals surface area contributed by atoms with Crippen molar-refractivity contribution in [2.45, 2.75) is 57.4 Å². The van der Waals surface area contributed by atoms with Gasteiger partial charge in [-0.1, -0.05) is 12.0 Å². The van der Waals surface area contributed by atoms with Crippen molar-refractivity contribution in [1.29, 1.82) is 5.26 Å². The summed E-state index contributed by atoms with van der Waals surface area (Å²) in [5, 5.41) is 19.5. The van der Waals surface area contributed by atoms with Gasteiger partial charge in [0.25, 0.3) is 0 Å². The van der Waals surface area contributed by atoms with Crippen LogP contribution in [0.3, 0.4) is 0 Å². The lowest BCUT2D eigenvalue weighted by Crippen LogP contribution is -2.44. The van der Waals surface area contributed by atoms with Crippen LogP contribution in [0.2, 0.25) is 0 Å². The van der Waals surface area contributed by atoms with Crippen LogP contribution in [-0.4, -0.2) is 63.7 Å². The number of pyridine rings is 2. The number of amides is 1. The molecule has 1 saturated heterocycles. The van der Waals surface area contributed by atoms with E-state index in [0.717, 1.165) is 37.2 Å². The van der Waals surface area contributed by atoms with E-state index in [9.17, 15) is 23.2 Å². The van der Waals surface area contributed by atoms with E-state index < -0.39 is 18.1 Å². The number of anilines is 2. The van der Waals surface area contributed by atoms with Gasteiger partial charge >= 0.3 is 6.18 Å². The summed E-state index contributed by atoms with van der Waals surface area (Å²) in [5.41, 5.74) is 3.09. The second kappa shape index (κ2) is 14.7. The van der Waals surface area contributed by atoms with Crippen LogP contribution in [0, 0.1) is 23.2 Å². The third-order valence-corrected chi connectivity index (χ3v) is 8.10. The smallest absolute Gasteiger partial charge is 0.373 e. The molecule has 1 fully saturated rings. The minimum Gasteiger partial charge on any atom is -0.373 e. The maximum Gasteiger partial charge on any atom is 0.406 e. The Kier molecular flexibility index (Phi) is 10.4. The summed E-state index contributed by atoms with van der Waals surface area (Å²) in [6.45, 7) is 5.13. The third kappa shape index (κ3) is 9.32. The van der Waals surface area contributed by atoms with E-state index >= 15 is 0 Å². The highest BCUT2D eigenvalue weighted by molar-refractivity contribution is 5.92. The first-order valence-electron chi connectivity index (χ1n) is 15.4. The number of piperidine rings is 1. The number of benzene rings is 1. The van der Waals surface area contributed by atoms with Gasteiger partial charge in [0.1, 0.15) is 6.54 Å². The summed E-state index contributed by atoms with van der Waals surface area (Å²) in [5.74, 6) is 5.78. The lowest BCUT2D eigenvalue weighted by molar-refractivity contribution is -0.140. The number of carbonyl (C=O) groups excluding carboxylic acids is 1. The Labute approximate surface area is 272 Å². The first kappa shape index (κ1) is 33.5. The fraction of sp³-hybridized carbons (Fsp3) is 0.371. The highest BCUT2D eigenvalue weighted by Gasteiger charge is 2.30. The first-order valence-corrected chi connectivity index (χ1v) is 15.4. The molecule has 9 nitrogen and oxygen atoms in total. The highest BCUT2D eigenvalue weighted by Crippen LogP contribution is 2.27. The van der Waals surface area contributed by atoms with Crippen LogP contribution in [0.1, 0.15) is 43.6 Å². The Morgan fingerprint density at radius 1 is 1.04 bits per heavy atom. The molecule has 12 heteroatoms. The molecule has 1 aliphatic heterocycles. The summed E-state index contributed by atoms with van der Waals surface area (Å²) < 4.78 is 41.8. The van der Waals surface area contributed by atoms with Gasteiger partial charge in [0.05, 0.1) is 47.8 Å². The monoisotopic (exact) mass is 642 g/mol. The number of likely N-dealkylation sites (tertiary alicyclic amines) is 1. The zero-order valence-electron chi connectivity index (χ0n) is 26.4. The number of aromatic nitrogens is 3. The van der Waals surface area contributed by atoms with E-state index in [1.165, 1.54) is 4.57 Å². The number of halogens is 3. The first-order chi connectivity index (χ1) is 22.5. The SMILES string of the molecule is CC(C)(C#N)c1ccc(NCC#Cc2cc3cc(CNC4CCN(CC(=O)Nc5ccncc5)CC4)ccc3n2CC(F)(F)F)cn1. The van der Waals surface area contributed by atoms with Crippen molar-refractivity contribution in [3.63, 3.8) is 0 Å². The molecule has 5 rings (SSSR count). The third-order valence-electron chi connectivity index (χ3n) is 8.10. The Hall–Kier alpha value is -4.91. The molecule has 1 amide bonds. The lowest BCUT2D eigenvalue weighted by atomic mass is 9.91. The molecule has 0 bridgehead atoms. The fourth-order valence-corrected chi connectivity index (χ4v) is 5.49. The molecule has 0 spiro atoms. The van der Waals surface area contributed by atoms with Gasteiger partial charge in [-0.05, 0) is 80.6 Å². The topological polar surface area (TPSA) is 111 Å². The average molecular weight is 643 g/mol. The Morgan fingerprint density at radius 3 is 2.49 bits per heavy atom. The molecule has 0 saturated carbocycles. The zero-order chi connectivity index (χ0) is 33.4. The van der Waals surface area contributed by atoms with Crippen molar-refractivity contribution in [1.82, 2.24) is 24.8 Å². The summed E-state index contributed by atoms with van der Waals surface area (Å²) in [6.07, 6.45) is 2.25. The van der Waals surface area contributed by atoms with Crippen LogP contribution in [0.15, 0.2) is 67.1 Å². The molecule has 4 aromatic rings. The van der Waals surface area contributed by atoms with Crippen molar-refractivity contribution < 1.29 is 18.0 Å². The lowest BCUT2D eigenvalue weighted by Gasteiger charge is -2.32. The van der Waals surface area contributed by atoms with E-state index in [0.29, 0.717) is 35.4 Å². The summed E-state index contributed by atoms with van der Waals surface area (Å²) in [7, 11) is 0. The van der Waals surface area contributed by atoms with Gasteiger partial charge in [-0.15, -0.1) is 0 Å². The van der Waals surface area contributed by atoms with Crippen LogP contribution >= 0.6 is 0 Å². The predicted molar refractivity (Wildman–Crippen MR) is 175 cm³/mol. The van der Waals surface area contributed by atoms with Gasteiger partial charge in [-0.25, -0.2) is 0 Å². The van der Waals surface area contributed by atoms with Crippen molar-refractivity contribution in [3.05, 3.63) is 84.1 Å². The zero-order valence-corrected chi connectivity index (χ0v) is 26.4. The van der Waals surface area contributed by atoms with Gasteiger partial charge in [0.2, 0.25) is 5.91 Å². The Morgan fingerprint density at radius 2 is 1.81 bits per heavy atom. The largest absolute Gasteiger partial charge is 0.406 e. The molecule has 47 heavy (non-hydrogen) atoms. The quantitative estimate of drug-likeness (QED) is 0.197. The number of carbonyl (C=O) groups is 1. The van der Waals surface area contributed by atoms with Crippen molar-refractivity contribution in [3.8, 4) is 17.9 Å². The Balaban J connectivity index is 1.17. The molecule has 0 aliphatic carbocycles. The molecule has 3 N–H and O–H groups in total. The maximum atomic E-state index is 13.5. The van der Waals surface area contributed by atoms with Crippen LogP contribution in [0.5, 0.6) is 0 Å². The van der Waals surface area contributed by atoms with Gasteiger partial charge < -0.3 is 20.5 Å². The summed E-state index contributed by atoms with van der Waals surface area (Å²) >= 11 is 0. The Bertz CT molecular complexity index is 1780. The van der Waals surface area contributed by atoms with Crippen molar-refractivity contribution in [2.24, 2.45) is 0 Å². The average Bonchev–Trinajstić information content (AvgIpc) is 3.38. The number of hydrogen-bond acceptors (Lipinski definition) is 7. The highest BCUT2D eigenvalue weighted by atomic mass is 19.4. The van der Waals surface area contributed by atoms with Gasteiger partial charge in [-0.3, -0.25) is 19.7 Å². The molecule has 1 aromatic carbocycles. The molecular formula is C35H37F3N8O. The van der Waals surface area contributed by atoms with Crippen molar-refractivity contribution >= 4 is 28.2 Å². The fourth-order valence-electron chi connectivity index (χ4n) is 5.49. The number of fused-ring (bicyclic) bond motifs is 1. The van der Waals surface area contributed by atoms with Crippen LogP contribution in [0.25, 0.3) is 10.9 Å². The van der Waals surface area contributed by atoms with Crippen molar-refractivity contribution in [2.75, 3.05) is 36.8 Å². The van der Waals surface area contributed by atoms with Crippen LogP contribution in [0.4, 0.5) is 24.5 Å². The van der Waals surface area contributed by atoms with E-state index in [4.69, 9.17) is 0 Å². The summed E-state index contributed by atoms with van der Waals surface area (Å²) in [4.78, 5) is 22.8. The standard InChI is InChI=1S/C35H37F3N8O/c1-34(2,23-39)32-8-6-29(21-43-32)41-13-3-4-30-19-26-18-25(5-7-31(26)46(30)24-35(36,37)38)20-42-27-11-16-45(17-12-27)22-33(47)44-28-9-14-40-15-10-28/h5-10,14-15,18-19,21,27,41-42H,11-13,16-17,20,22,24H2,1-2H3,(H,40,44,47). The van der Waals surface area contributed by atoms with Crippen LogP contribution < -0.4 is 16.0 Å². The number of nitrogens with zero attached hydrogens (tertiary/aromatic N) is 5. The molecule has 244 valence electrons. The van der Waals surface area contributed by atoms with Crippen LogP contribution in [-0.2, 0) is 23.3 Å². The molecule has 0 radical (unpaired) electrons. The van der Waals surface area contributed by atoms with E-state index in [2.05, 4.69) is 48.7 Å². The van der Waals surface area contributed by atoms with E-state index in [1.807, 2.05) is 12.1 Å². The summed E-state index contributed by atoms with van der Waals surface area (Å²) in [6, 6.07) is 16.7. The number of nitrogens with one attached hydrogen (secondary N) is 3. The van der Waals surface area contributed by atoms with Gasteiger partial charge in [0.15, 0.2) is 0 Å². The van der Waals surface area contributed by atoms with Gasteiger partial charge in [-0.2, -0.15) is 18.4 Å². The molecule has 4 heterocycles. The van der Waals surface area contributed by atoms with Gasteiger partial charge in [0, 0.05) is 54.7 Å². The second-order valence-corrected chi connectivity index (χ2v) is 12.2. The maximum absolute atomic E-state index is 13.5. The normalized spacial score (nSPS) is 14.3. The molecule has 0 atom stereocenters. The number of nitriles is 1. The molecule has 0 unspecified atom stereocenters. The number of alkyl halides is 3. The number of hydrogen-bond donors (Lipinski definition) is 3. The number of rotatable bonds is 10.